The summed E-state index contributed by atoms with van der Waals surface area (Å²) in [5.41, 5.74) is 4.84. The van der Waals surface area contributed by atoms with Gasteiger partial charge in [0.05, 0.1) is 5.60 Å². The van der Waals surface area contributed by atoms with Crippen molar-refractivity contribution in [3.8, 4) is 0 Å². The highest BCUT2D eigenvalue weighted by atomic mass is 16.5. The fourth-order valence-electron chi connectivity index (χ4n) is 1.56. The molecule has 1 unspecified atom stereocenters. The van der Waals surface area contributed by atoms with Gasteiger partial charge in [0.2, 0.25) is 0 Å². The van der Waals surface area contributed by atoms with Crippen LogP contribution in [0.4, 0.5) is 11.6 Å². The number of nitrogens with two attached hydrogens (primary N) is 1. The normalized spacial score (nSPS) is 14.0. The molecule has 0 fully saturated rings. The summed E-state index contributed by atoms with van der Waals surface area (Å²) < 4.78 is 10.2. The predicted octanol–water partition coefficient (Wildman–Crippen LogP) is 0.795. The Morgan fingerprint density at radius 3 is 2.85 bits per heavy atom. The molecule has 0 saturated carbocycles. The van der Waals surface area contributed by atoms with E-state index in [-0.39, 0.29) is 0 Å². The zero-order valence-electron chi connectivity index (χ0n) is 12.3. The summed E-state index contributed by atoms with van der Waals surface area (Å²) in [6, 6.07) is 1.63. The summed E-state index contributed by atoms with van der Waals surface area (Å²) in [5.74, 6) is 1.46. The summed E-state index contributed by atoms with van der Waals surface area (Å²) in [6.45, 7) is 5.39. The smallest absolute Gasteiger partial charge is 0.158 e. The van der Waals surface area contributed by atoms with Crippen molar-refractivity contribution in [2.45, 2.75) is 32.5 Å². The summed E-state index contributed by atoms with van der Waals surface area (Å²) >= 11 is 0. The minimum absolute atomic E-state index is 0.316. The zero-order valence-corrected chi connectivity index (χ0v) is 12.3. The van der Waals surface area contributed by atoms with E-state index in [1.807, 2.05) is 6.92 Å². The third-order valence-corrected chi connectivity index (χ3v) is 2.72. The molecule has 0 aliphatic heterocycles. The molecule has 0 aliphatic carbocycles. The summed E-state index contributed by atoms with van der Waals surface area (Å²) in [5, 5.41) is 13.2. The van der Waals surface area contributed by atoms with Gasteiger partial charge in [0, 0.05) is 39.4 Å². The molecule has 0 radical (unpaired) electrons. The third-order valence-electron chi connectivity index (χ3n) is 2.72. The van der Waals surface area contributed by atoms with Crippen molar-refractivity contribution < 1.29 is 14.6 Å². The first-order valence-electron chi connectivity index (χ1n) is 6.63. The van der Waals surface area contributed by atoms with Crippen molar-refractivity contribution in [1.29, 1.82) is 0 Å². The average Bonchev–Trinajstić information content (AvgIpc) is 2.40. The van der Waals surface area contributed by atoms with Crippen LogP contribution in [0.1, 0.15) is 26.1 Å². The second-order valence-corrected chi connectivity index (χ2v) is 4.82. The van der Waals surface area contributed by atoms with Crippen molar-refractivity contribution in [3.63, 3.8) is 0 Å². The lowest BCUT2D eigenvalue weighted by Crippen LogP contribution is -2.35. The molecule has 1 aromatic heterocycles. The lowest BCUT2D eigenvalue weighted by atomic mass is 10.0. The van der Waals surface area contributed by atoms with Gasteiger partial charge in [0.15, 0.2) is 5.82 Å². The Hall–Kier alpha value is -1.44. The number of hydrogen-bond donors (Lipinski definition) is 3. The first kappa shape index (κ1) is 16.6. The average molecular weight is 284 g/mol. The molecule has 0 aliphatic rings. The fraction of sp³-hybridized carbons (Fsp3) is 0.692. The van der Waals surface area contributed by atoms with E-state index in [0.717, 1.165) is 0 Å². The van der Waals surface area contributed by atoms with Gasteiger partial charge in [-0.3, -0.25) is 0 Å². The molecule has 7 nitrogen and oxygen atoms in total. The zero-order chi connectivity index (χ0) is 15.0. The van der Waals surface area contributed by atoms with E-state index >= 15 is 0 Å². The van der Waals surface area contributed by atoms with Crippen molar-refractivity contribution in [1.82, 2.24) is 9.97 Å². The molecule has 1 atom stereocenters. The van der Waals surface area contributed by atoms with Crippen LogP contribution in [0.5, 0.6) is 0 Å². The van der Waals surface area contributed by atoms with E-state index in [0.29, 0.717) is 50.2 Å². The summed E-state index contributed by atoms with van der Waals surface area (Å²) in [4.78, 5) is 8.37. The van der Waals surface area contributed by atoms with E-state index in [1.165, 1.54) is 0 Å². The molecule has 0 aromatic carbocycles. The van der Waals surface area contributed by atoms with Crippen LogP contribution in [0.25, 0.3) is 0 Å². The number of nitrogens with zero attached hydrogens (tertiary/aromatic N) is 2. The Kier molecular flexibility index (Phi) is 6.63. The Morgan fingerprint density at radius 2 is 2.20 bits per heavy atom. The van der Waals surface area contributed by atoms with Gasteiger partial charge in [-0.15, -0.1) is 0 Å². The molecular formula is C13H24N4O3. The largest absolute Gasteiger partial charge is 0.388 e. The maximum Gasteiger partial charge on any atom is 0.158 e. The van der Waals surface area contributed by atoms with Crippen molar-refractivity contribution in [3.05, 3.63) is 11.9 Å². The topological polar surface area (TPSA) is 103 Å². The first-order valence-corrected chi connectivity index (χ1v) is 6.63. The van der Waals surface area contributed by atoms with Crippen LogP contribution in [-0.2, 0) is 16.1 Å². The SMILES string of the molecule is CCOCc1nc(N)cc(NCC(C)(O)CCOC)n1. The van der Waals surface area contributed by atoms with Gasteiger partial charge < -0.3 is 25.6 Å². The molecule has 7 heteroatoms. The van der Waals surface area contributed by atoms with Gasteiger partial charge in [0.1, 0.15) is 18.2 Å². The van der Waals surface area contributed by atoms with E-state index < -0.39 is 5.60 Å². The van der Waals surface area contributed by atoms with Crippen LogP contribution < -0.4 is 11.1 Å². The minimum Gasteiger partial charge on any atom is -0.388 e. The molecule has 0 spiro atoms. The second-order valence-electron chi connectivity index (χ2n) is 4.82. The first-order chi connectivity index (χ1) is 9.46. The molecular weight excluding hydrogens is 260 g/mol. The molecule has 0 bridgehead atoms. The minimum atomic E-state index is -0.879. The van der Waals surface area contributed by atoms with Crippen LogP contribution >= 0.6 is 0 Å². The third kappa shape index (κ3) is 6.14. The number of nitrogens with one attached hydrogen (secondary N) is 1. The van der Waals surface area contributed by atoms with E-state index in [2.05, 4.69) is 15.3 Å². The second kappa shape index (κ2) is 7.98. The quantitative estimate of drug-likeness (QED) is 0.616. The van der Waals surface area contributed by atoms with Crippen LogP contribution in [0.3, 0.4) is 0 Å². The Morgan fingerprint density at radius 1 is 1.45 bits per heavy atom. The monoisotopic (exact) mass is 284 g/mol. The molecule has 114 valence electrons. The predicted molar refractivity (Wildman–Crippen MR) is 77.4 cm³/mol. The van der Waals surface area contributed by atoms with Crippen LogP contribution in [0.15, 0.2) is 6.07 Å². The number of rotatable bonds is 9. The van der Waals surface area contributed by atoms with Crippen molar-refractivity contribution in [2.24, 2.45) is 0 Å². The Labute approximate surface area is 119 Å². The molecule has 0 amide bonds. The lowest BCUT2D eigenvalue weighted by Gasteiger charge is -2.23. The van der Waals surface area contributed by atoms with E-state index in [1.54, 1.807) is 20.1 Å². The summed E-state index contributed by atoms with van der Waals surface area (Å²) in [7, 11) is 1.61. The maximum absolute atomic E-state index is 10.1. The molecule has 0 saturated heterocycles. The highest BCUT2D eigenvalue weighted by molar-refractivity contribution is 5.44. The lowest BCUT2D eigenvalue weighted by molar-refractivity contribution is 0.0357. The Balaban J connectivity index is 2.60. The highest BCUT2D eigenvalue weighted by Crippen LogP contribution is 2.13. The van der Waals surface area contributed by atoms with E-state index in [4.69, 9.17) is 15.2 Å². The highest BCUT2D eigenvalue weighted by Gasteiger charge is 2.20. The number of aromatic nitrogens is 2. The number of ether oxygens (including phenoxy) is 2. The number of hydrogen-bond acceptors (Lipinski definition) is 7. The molecule has 1 rings (SSSR count). The Bertz CT molecular complexity index is 413. The van der Waals surface area contributed by atoms with Gasteiger partial charge in [-0.2, -0.15) is 0 Å². The number of nitrogen functional groups attached to an aromatic ring is 1. The fourth-order valence-corrected chi connectivity index (χ4v) is 1.56. The van der Waals surface area contributed by atoms with Gasteiger partial charge in [-0.05, 0) is 13.8 Å². The summed E-state index contributed by atoms with van der Waals surface area (Å²) in [6.07, 6.45) is 0.531. The van der Waals surface area contributed by atoms with Gasteiger partial charge in [-0.1, -0.05) is 0 Å². The standard InChI is InChI=1S/C13H24N4O3/c1-4-20-8-12-16-10(14)7-11(17-12)15-9-13(2,18)5-6-19-3/h7,18H,4-6,8-9H2,1-3H3,(H3,14,15,16,17). The molecule has 20 heavy (non-hydrogen) atoms. The number of anilines is 2. The van der Waals surface area contributed by atoms with Gasteiger partial charge >= 0.3 is 0 Å². The van der Waals surface area contributed by atoms with Crippen molar-refractivity contribution >= 4 is 11.6 Å². The molecule has 1 aromatic rings. The number of aliphatic hydroxyl groups is 1. The van der Waals surface area contributed by atoms with Gasteiger partial charge in [0.25, 0.3) is 0 Å². The molecule has 1 heterocycles. The van der Waals surface area contributed by atoms with E-state index in [9.17, 15) is 5.11 Å². The molecule has 4 N–H and O–H groups in total. The van der Waals surface area contributed by atoms with Gasteiger partial charge in [-0.25, -0.2) is 9.97 Å². The maximum atomic E-state index is 10.1. The number of methoxy groups -OCH3 is 1. The van der Waals surface area contributed by atoms with Crippen LogP contribution in [-0.4, -0.2) is 47.5 Å². The van der Waals surface area contributed by atoms with Crippen LogP contribution in [0, 0.1) is 0 Å². The van der Waals surface area contributed by atoms with Crippen LogP contribution in [0.2, 0.25) is 0 Å². The van der Waals surface area contributed by atoms with Crippen molar-refractivity contribution in [2.75, 3.05) is 37.9 Å².